The van der Waals surface area contributed by atoms with Crippen LogP contribution >= 0.6 is 0 Å². The van der Waals surface area contributed by atoms with E-state index in [1.807, 2.05) is 60.7 Å². The van der Waals surface area contributed by atoms with Crippen molar-refractivity contribution in [2.24, 2.45) is 0 Å². The van der Waals surface area contributed by atoms with Gasteiger partial charge in [0.15, 0.2) is 0 Å². The Morgan fingerprint density at radius 2 is 0.939 bits per heavy atom. The largest absolute Gasteiger partial charge is 0.456 e. The molecule has 1 aromatic heterocycles. The van der Waals surface area contributed by atoms with E-state index >= 15 is 0 Å². The van der Waals surface area contributed by atoms with Crippen LogP contribution in [0.5, 0.6) is 0 Å². The number of furan rings is 1. The van der Waals surface area contributed by atoms with E-state index in [2.05, 4.69) is 0 Å². The summed E-state index contributed by atoms with van der Waals surface area (Å²) in [7, 11) is 0. The zero-order chi connectivity index (χ0) is 47.1. The van der Waals surface area contributed by atoms with Crippen LogP contribution in [0.4, 0.5) is 0 Å². The third-order valence-electron chi connectivity index (χ3n) is 8.86. The van der Waals surface area contributed by atoms with Crippen LogP contribution in [0.3, 0.4) is 0 Å². The Hall–Kier alpha value is -6.44. The average Bonchev–Trinajstić information content (AvgIpc) is 3.69. The Balaban J connectivity index is 1.27. The molecular weight excluding hydrogens is 593 g/mol. The van der Waals surface area contributed by atoms with Gasteiger partial charge in [-0.05, 0) is 101 Å². The predicted molar refractivity (Wildman–Crippen MR) is 208 cm³/mol. The molecule has 0 saturated heterocycles. The predicted octanol–water partition coefficient (Wildman–Crippen LogP) is 13.7. The maximum Gasteiger partial charge on any atom is 0.136 e. The van der Waals surface area contributed by atoms with Crippen LogP contribution < -0.4 is 0 Å². The van der Waals surface area contributed by atoms with Crippen LogP contribution in [0, 0.1) is 0 Å². The minimum Gasteiger partial charge on any atom is -0.456 e. The van der Waals surface area contributed by atoms with Crippen molar-refractivity contribution in [1.82, 2.24) is 0 Å². The highest BCUT2D eigenvalue weighted by Crippen LogP contribution is 2.44. The molecule has 1 heterocycles. The summed E-state index contributed by atoms with van der Waals surface area (Å²) in [5.74, 6) is 0. The highest BCUT2D eigenvalue weighted by atomic mass is 16.3. The number of fused-ring (bicyclic) bond motifs is 6. The summed E-state index contributed by atoms with van der Waals surface area (Å²) in [6.07, 6.45) is 0. The van der Waals surface area contributed by atoms with Crippen LogP contribution in [0.15, 0.2) is 186 Å². The second-order valence-corrected chi connectivity index (χ2v) is 11.6. The molecule has 9 aromatic carbocycles. The number of rotatable bonds is 4. The summed E-state index contributed by atoms with van der Waals surface area (Å²) in [5.41, 5.74) is 0.973. The summed E-state index contributed by atoms with van der Waals surface area (Å²) in [5, 5.41) is 1.43. The second-order valence-electron chi connectivity index (χ2n) is 11.6. The molecule has 0 aliphatic carbocycles. The Labute approximate surface area is 308 Å². The summed E-state index contributed by atoms with van der Waals surface area (Å²) in [6, 6.07) is 11.7. The van der Waals surface area contributed by atoms with Crippen LogP contribution in [-0.2, 0) is 0 Å². The molecule has 49 heavy (non-hydrogen) atoms. The minimum absolute atomic E-state index is 0.134. The van der Waals surface area contributed by atoms with Crippen LogP contribution in [0.2, 0.25) is 0 Å². The van der Waals surface area contributed by atoms with Gasteiger partial charge in [-0.2, -0.15) is 0 Å². The van der Waals surface area contributed by atoms with Crippen molar-refractivity contribution in [2.45, 2.75) is 0 Å². The highest BCUT2D eigenvalue weighted by Gasteiger charge is 2.17. The van der Waals surface area contributed by atoms with E-state index in [0.29, 0.717) is 16.6 Å². The van der Waals surface area contributed by atoms with Gasteiger partial charge in [0.1, 0.15) is 11.2 Å². The molecule has 10 aromatic rings. The molecule has 0 N–H and O–H groups in total. The van der Waals surface area contributed by atoms with Gasteiger partial charge in [0.2, 0.25) is 0 Å². The standard InChI is InChI=1S/C48H30O/c1-2-12-33(13-3-1)47-40-16-6-8-18-42(40)48(43-19-9-7-17-41(43)47)34-23-21-31(22-24-34)35-26-28-45-44(29-35)39-27-25-36(30-46(39)49-45)38-20-10-14-32-11-4-5-15-37(32)38/h1-30H/i1D,2D,3D,6D,7D,8D,9D,12D,13D,16D,17D,18D,19D,21D,22D,23D,24D. The molecule has 1 heteroatoms. The van der Waals surface area contributed by atoms with E-state index in [-0.39, 0.29) is 11.1 Å². The third kappa shape index (κ3) is 4.47. The fourth-order valence-electron chi connectivity index (χ4n) is 6.66. The SMILES string of the molecule is [2H]c1c([2H])c([2H])c(-c2c3c([2H])c([2H])c([2H])c([2H])c3c(-c3c([2H])c([2H])c(-c4ccc5oc6cc(-c7cccc8ccccc78)ccc6c5c4)c([2H])c3[2H])c3c([2H])c([2H])c([2H])c([2H])c23)c([2H])c1[2H]. The first-order valence-corrected chi connectivity index (χ1v) is 15.5. The average molecular weight is 640 g/mol. The maximum atomic E-state index is 9.52. The molecule has 0 unspecified atom stereocenters. The van der Waals surface area contributed by atoms with E-state index < -0.39 is 147 Å². The van der Waals surface area contributed by atoms with Crippen molar-refractivity contribution in [3.63, 3.8) is 0 Å². The highest BCUT2D eigenvalue weighted by molar-refractivity contribution is 6.21. The van der Waals surface area contributed by atoms with Crippen molar-refractivity contribution >= 4 is 54.3 Å². The monoisotopic (exact) mass is 639 g/mol. The Morgan fingerprint density at radius 1 is 0.347 bits per heavy atom. The van der Waals surface area contributed by atoms with Gasteiger partial charge in [0.25, 0.3) is 0 Å². The molecular formula is C48H30O. The van der Waals surface area contributed by atoms with Crippen LogP contribution in [0.1, 0.15) is 23.3 Å². The fraction of sp³-hybridized carbons (Fsp3) is 0. The van der Waals surface area contributed by atoms with Gasteiger partial charge >= 0.3 is 0 Å². The van der Waals surface area contributed by atoms with E-state index in [4.69, 9.17) is 16.8 Å². The Bertz CT molecular complexity index is 3710. The van der Waals surface area contributed by atoms with E-state index in [0.717, 1.165) is 27.3 Å². The van der Waals surface area contributed by atoms with Crippen molar-refractivity contribution < 1.29 is 27.7 Å². The lowest BCUT2D eigenvalue weighted by Crippen LogP contribution is -1.90. The van der Waals surface area contributed by atoms with E-state index in [1.165, 1.54) is 0 Å². The van der Waals surface area contributed by atoms with Gasteiger partial charge in [-0.15, -0.1) is 0 Å². The van der Waals surface area contributed by atoms with Crippen molar-refractivity contribution in [3.05, 3.63) is 182 Å². The second kappa shape index (κ2) is 11.1. The minimum atomic E-state index is -0.825. The fourth-order valence-corrected chi connectivity index (χ4v) is 6.66. The zero-order valence-corrected chi connectivity index (χ0v) is 25.4. The first-order valence-electron chi connectivity index (χ1n) is 24.0. The Kier molecular flexibility index (Phi) is 3.54. The number of hydrogen-bond acceptors (Lipinski definition) is 1. The molecule has 0 aliphatic rings. The summed E-state index contributed by atoms with van der Waals surface area (Å²) in [4.78, 5) is 0. The van der Waals surface area contributed by atoms with E-state index in [1.54, 1.807) is 18.2 Å². The molecule has 0 spiro atoms. The molecule has 0 atom stereocenters. The van der Waals surface area contributed by atoms with Gasteiger partial charge in [-0.3, -0.25) is 0 Å². The first-order chi connectivity index (χ1) is 31.4. The number of hydrogen-bond donors (Lipinski definition) is 0. The van der Waals surface area contributed by atoms with Crippen molar-refractivity contribution in [3.8, 4) is 44.5 Å². The van der Waals surface area contributed by atoms with Gasteiger partial charge in [0.05, 0.1) is 23.3 Å². The van der Waals surface area contributed by atoms with Gasteiger partial charge in [0, 0.05) is 10.8 Å². The summed E-state index contributed by atoms with van der Waals surface area (Å²) >= 11 is 0. The molecule has 10 rings (SSSR count). The topological polar surface area (TPSA) is 13.1 Å². The Morgan fingerprint density at radius 3 is 1.65 bits per heavy atom. The lowest BCUT2D eigenvalue weighted by molar-refractivity contribution is 0.669. The van der Waals surface area contributed by atoms with E-state index in [9.17, 15) is 11.0 Å². The lowest BCUT2D eigenvalue weighted by atomic mass is 9.86. The van der Waals surface area contributed by atoms with Crippen molar-refractivity contribution in [1.29, 1.82) is 0 Å². The normalized spacial score (nSPS) is 16.5. The quantitative estimate of drug-likeness (QED) is 0.175. The summed E-state index contributed by atoms with van der Waals surface area (Å²) < 4.78 is 159. The first kappa shape index (κ1) is 15.6. The molecule has 0 saturated carbocycles. The number of benzene rings is 9. The maximum absolute atomic E-state index is 9.52. The van der Waals surface area contributed by atoms with Crippen LogP contribution in [-0.4, -0.2) is 0 Å². The zero-order valence-electron chi connectivity index (χ0n) is 42.4. The molecule has 1 nitrogen and oxygen atoms in total. The van der Waals surface area contributed by atoms with Crippen LogP contribution in [0.25, 0.3) is 98.8 Å². The molecule has 0 fully saturated rings. The summed E-state index contributed by atoms with van der Waals surface area (Å²) in [6.45, 7) is 0. The van der Waals surface area contributed by atoms with Gasteiger partial charge in [-0.25, -0.2) is 0 Å². The molecule has 0 aliphatic heterocycles. The van der Waals surface area contributed by atoms with Gasteiger partial charge < -0.3 is 4.42 Å². The third-order valence-corrected chi connectivity index (χ3v) is 8.86. The smallest absolute Gasteiger partial charge is 0.136 e. The molecule has 0 amide bonds. The lowest BCUT2D eigenvalue weighted by Gasteiger charge is -2.18. The molecule has 228 valence electrons. The molecule has 0 radical (unpaired) electrons. The van der Waals surface area contributed by atoms with Gasteiger partial charge in [-0.1, -0.05) is 157 Å². The molecule has 0 bridgehead atoms. The van der Waals surface area contributed by atoms with Crippen molar-refractivity contribution in [2.75, 3.05) is 0 Å².